The summed E-state index contributed by atoms with van der Waals surface area (Å²) in [5.74, 6) is -0.151. The summed E-state index contributed by atoms with van der Waals surface area (Å²) in [6.45, 7) is 8.19. The lowest BCUT2D eigenvalue weighted by Gasteiger charge is -2.44. The lowest BCUT2D eigenvalue weighted by atomic mass is 9.72. The van der Waals surface area contributed by atoms with Crippen LogP contribution in [0.1, 0.15) is 27.7 Å². The van der Waals surface area contributed by atoms with Crippen molar-refractivity contribution in [3.05, 3.63) is 29.0 Å². The van der Waals surface area contributed by atoms with Crippen molar-refractivity contribution in [2.24, 2.45) is 5.92 Å². The molecular weight excluding hydrogens is 253 g/mol. The predicted molar refractivity (Wildman–Crippen MR) is 71.7 cm³/mol. The van der Waals surface area contributed by atoms with Crippen molar-refractivity contribution in [2.75, 3.05) is 0 Å². The number of hydrogen-bond donors (Lipinski definition) is 0. The first-order chi connectivity index (χ1) is 8.31. The molecule has 0 spiro atoms. The van der Waals surface area contributed by atoms with Crippen LogP contribution in [-0.4, -0.2) is 18.8 Å². The van der Waals surface area contributed by atoms with Crippen LogP contribution in [0.4, 0.5) is 4.39 Å². The molecule has 1 aromatic carbocycles. The van der Waals surface area contributed by atoms with Gasteiger partial charge in [0.2, 0.25) is 0 Å². The first kappa shape index (κ1) is 13.8. The first-order valence-corrected chi connectivity index (χ1v) is 6.47. The van der Waals surface area contributed by atoms with E-state index >= 15 is 0 Å². The maximum absolute atomic E-state index is 13.1. The fourth-order valence-electron chi connectivity index (χ4n) is 2.09. The van der Waals surface area contributed by atoms with Crippen LogP contribution in [0, 0.1) is 11.7 Å². The van der Waals surface area contributed by atoms with Gasteiger partial charge in [-0.1, -0.05) is 24.6 Å². The standard InChI is InChI=1S/C13H17BClFO2/c1-8-9(2)17-14(18-13(8,3)4)10-5-6-12(16)11(15)7-10/h5-9H,1-4H3/t8?,9-/m0/s1. The second kappa shape index (κ2) is 4.84. The molecule has 0 radical (unpaired) electrons. The van der Waals surface area contributed by atoms with E-state index in [-0.39, 0.29) is 22.6 Å². The highest BCUT2D eigenvalue weighted by Gasteiger charge is 2.43. The van der Waals surface area contributed by atoms with Crippen LogP contribution in [0.5, 0.6) is 0 Å². The molecule has 2 nitrogen and oxygen atoms in total. The van der Waals surface area contributed by atoms with E-state index in [1.165, 1.54) is 6.07 Å². The molecule has 18 heavy (non-hydrogen) atoms. The van der Waals surface area contributed by atoms with Gasteiger partial charge >= 0.3 is 7.12 Å². The number of hydrogen-bond acceptors (Lipinski definition) is 2. The fourth-order valence-corrected chi connectivity index (χ4v) is 2.28. The van der Waals surface area contributed by atoms with Crippen LogP contribution in [0.25, 0.3) is 0 Å². The highest BCUT2D eigenvalue weighted by molar-refractivity contribution is 6.62. The molecule has 1 heterocycles. The minimum absolute atomic E-state index is 0.0718. The van der Waals surface area contributed by atoms with Crippen molar-refractivity contribution < 1.29 is 13.7 Å². The molecule has 0 amide bonds. The largest absolute Gasteiger partial charge is 0.494 e. The third kappa shape index (κ3) is 2.56. The van der Waals surface area contributed by atoms with Gasteiger partial charge in [0.25, 0.3) is 0 Å². The van der Waals surface area contributed by atoms with Crippen LogP contribution >= 0.6 is 11.6 Å². The summed E-state index contributed by atoms with van der Waals surface area (Å²) >= 11 is 5.78. The Labute approximate surface area is 113 Å². The summed E-state index contributed by atoms with van der Waals surface area (Å²) in [4.78, 5) is 0. The monoisotopic (exact) mass is 270 g/mol. The third-order valence-electron chi connectivity index (χ3n) is 3.77. The van der Waals surface area contributed by atoms with Gasteiger partial charge < -0.3 is 9.31 Å². The molecule has 2 atom stereocenters. The van der Waals surface area contributed by atoms with E-state index in [0.717, 1.165) is 5.46 Å². The molecule has 0 bridgehead atoms. The zero-order valence-corrected chi connectivity index (χ0v) is 11.8. The van der Waals surface area contributed by atoms with Crippen LogP contribution in [0.15, 0.2) is 18.2 Å². The lowest BCUT2D eigenvalue weighted by Crippen LogP contribution is -2.56. The van der Waals surface area contributed by atoms with Crippen LogP contribution in [0.3, 0.4) is 0 Å². The Morgan fingerprint density at radius 3 is 2.56 bits per heavy atom. The molecular formula is C13H17BClFO2. The molecule has 1 unspecified atom stereocenters. The van der Waals surface area contributed by atoms with Gasteiger partial charge in [-0.25, -0.2) is 4.39 Å². The van der Waals surface area contributed by atoms with Gasteiger partial charge in [-0.15, -0.1) is 0 Å². The maximum Gasteiger partial charge on any atom is 0.494 e. The number of rotatable bonds is 1. The van der Waals surface area contributed by atoms with E-state index in [1.54, 1.807) is 12.1 Å². The summed E-state index contributed by atoms with van der Waals surface area (Å²) in [6, 6.07) is 4.53. The second-order valence-corrected chi connectivity index (χ2v) is 5.76. The molecule has 98 valence electrons. The van der Waals surface area contributed by atoms with E-state index < -0.39 is 12.9 Å². The fraction of sp³-hybridized carbons (Fsp3) is 0.538. The molecule has 1 fully saturated rings. The van der Waals surface area contributed by atoms with Crippen molar-refractivity contribution in [1.82, 2.24) is 0 Å². The normalized spacial score (nSPS) is 27.3. The number of benzene rings is 1. The smallest absolute Gasteiger partial charge is 0.404 e. The minimum Gasteiger partial charge on any atom is -0.404 e. The Kier molecular flexibility index (Phi) is 3.72. The van der Waals surface area contributed by atoms with Gasteiger partial charge in [0, 0.05) is 12.0 Å². The summed E-state index contributed by atoms with van der Waals surface area (Å²) in [6.07, 6.45) is 0.0718. The molecule has 1 aliphatic heterocycles. The van der Waals surface area contributed by atoms with Crippen molar-refractivity contribution >= 4 is 24.2 Å². The Morgan fingerprint density at radius 2 is 2.00 bits per heavy atom. The van der Waals surface area contributed by atoms with Crippen LogP contribution < -0.4 is 5.46 Å². The Hall–Kier alpha value is -0.575. The quantitative estimate of drug-likeness (QED) is 0.730. The van der Waals surface area contributed by atoms with Crippen molar-refractivity contribution in [2.45, 2.75) is 39.4 Å². The van der Waals surface area contributed by atoms with Crippen molar-refractivity contribution in [1.29, 1.82) is 0 Å². The zero-order chi connectivity index (χ0) is 13.5. The van der Waals surface area contributed by atoms with Gasteiger partial charge in [-0.2, -0.15) is 0 Å². The van der Waals surface area contributed by atoms with Crippen molar-refractivity contribution in [3.8, 4) is 0 Å². The SMILES string of the molecule is CC1[C@H](C)OB(c2ccc(F)c(Cl)c2)OC1(C)C. The van der Waals surface area contributed by atoms with E-state index in [0.29, 0.717) is 0 Å². The third-order valence-corrected chi connectivity index (χ3v) is 4.06. The van der Waals surface area contributed by atoms with Gasteiger partial charge in [0.05, 0.1) is 10.6 Å². The van der Waals surface area contributed by atoms with Gasteiger partial charge in [0.1, 0.15) is 5.82 Å². The minimum atomic E-state index is -0.496. The summed E-state index contributed by atoms with van der Waals surface area (Å²) < 4.78 is 24.9. The molecule has 1 saturated heterocycles. The second-order valence-electron chi connectivity index (χ2n) is 5.36. The van der Waals surface area contributed by atoms with E-state index in [4.69, 9.17) is 20.9 Å². The highest BCUT2D eigenvalue weighted by atomic mass is 35.5. The summed E-state index contributed by atoms with van der Waals surface area (Å²) in [5.41, 5.74) is 0.455. The molecule has 2 rings (SSSR count). The molecule has 0 aromatic heterocycles. The predicted octanol–water partition coefficient (Wildman–Crippen LogP) is 3.02. The Bertz CT molecular complexity index is 453. The average molecular weight is 271 g/mol. The number of halogens is 2. The molecule has 0 saturated carbocycles. The summed E-state index contributed by atoms with van der Waals surface area (Å²) in [5, 5.41) is 0.0868. The zero-order valence-electron chi connectivity index (χ0n) is 11.0. The highest BCUT2D eigenvalue weighted by Crippen LogP contribution is 2.31. The molecule has 0 N–H and O–H groups in total. The lowest BCUT2D eigenvalue weighted by molar-refractivity contribution is -0.0724. The molecule has 5 heteroatoms. The Balaban J connectivity index is 2.26. The summed E-state index contributed by atoms with van der Waals surface area (Å²) in [7, 11) is -0.496. The van der Waals surface area contributed by atoms with E-state index in [1.807, 2.05) is 20.8 Å². The Morgan fingerprint density at radius 1 is 1.33 bits per heavy atom. The molecule has 1 aromatic rings. The van der Waals surface area contributed by atoms with Crippen molar-refractivity contribution in [3.63, 3.8) is 0 Å². The maximum atomic E-state index is 13.1. The van der Waals surface area contributed by atoms with Gasteiger partial charge in [-0.05, 0) is 38.4 Å². The average Bonchev–Trinajstić information content (AvgIpc) is 2.29. The van der Waals surface area contributed by atoms with Crippen LogP contribution in [0.2, 0.25) is 5.02 Å². The van der Waals surface area contributed by atoms with E-state index in [2.05, 4.69) is 6.92 Å². The van der Waals surface area contributed by atoms with Gasteiger partial charge in [0.15, 0.2) is 0 Å². The first-order valence-electron chi connectivity index (χ1n) is 6.09. The molecule has 1 aliphatic rings. The molecule has 0 aliphatic carbocycles. The van der Waals surface area contributed by atoms with Crippen LogP contribution in [-0.2, 0) is 9.31 Å². The topological polar surface area (TPSA) is 18.5 Å². The van der Waals surface area contributed by atoms with Gasteiger partial charge in [-0.3, -0.25) is 0 Å². The van der Waals surface area contributed by atoms with E-state index in [9.17, 15) is 4.39 Å².